The number of ether oxygens (including phenoxy) is 1. The van der Waals surface area contributed by atoms with Crippen molar-refractivity contribution >= 4 is 44.7 Å². The van der Waals surface area contributed by atoms with Crippen LogP contribution >= 0.6 is 0 Å². The van der Waals surface area contributed by atoms with Crippen molar-refractivity contribution in [3.05, 3.63) is 60.3 Å². The molecule has 0 saturated carbocycles. The molecule has 27 heavy (non-hydrogen) atoms. The molecular weight excluding hydrogens is 359 g/mol. The molecule has 3 N–H and O–H groups in total. The topological polar surface area (TPSA) is 94.3 Å². The van der Waals surface area contributed by atoms with E-state index in [2.05, 4.69) is 9.71 Å². The predicted octanol–water partition coefficient (Wildman–Crippen LogP) is 0.690. The SMILES string of the molecule is [B]C([B])([B])Oc1ccc2c(-c3ccc(CNS(N)(=O)=O)cc3)ccnc2c1. The van der Waals surface area contributed by atoms with E-state index in [4.69, 9.17) is 33.4 Å². The van der Waals surface area contributed by atoms with E-state index in [-0.39, 0.29) is 6.54 Å². The Bertz CT molecular complexity index is 1070. The lowest BCUT2D eigenvalue weighted by Crippen LogP contribution is -2.37. The van der Waals surface area contributed by atoms with Gasteiger partial charge in [-0.05, 0) is 40.2 Å². The number of nitrogens with one attached hydrogen (secondary N) is 1. The number of aromatic nitrogens is 1. The molecule has 6 nitrogen and oxygen atoms in total. The summed E-state index contributed by atoms with van der Waals surface area (Å²) in [4.78, 5) is 4.34. The summed E-state index contributed by atoms with van der Waals surface area (Å²) in [5.41, 5.74) is 3.37. The van der Waals surface area contributed by atoms with Crippen LogP contribution in [0.5, 0.6) is 5.75 Å². The largest absolute Gasteiger partial charge is 0.516 e. The lowest BCUT2D eigenvalue weighted by atomic mass is 9.52. The zero-order valence-corrected chi connectivity index (χ0v) is 15.1. The molecule has 2 aromatic carbocycles. The molecular formula is C17H14B3N3O3S. The molecule has 0 aliphatic rings. The van der Waals surface area contributed by atoms with Crippen LogP contribution in [0.2, 0.25) is 0 Å². The van der Waals surface area contributed by atoms with Gasteiger partial charge < -0.3 is 4.74 Å². The first-order valence-corrected chi connectivity index (χ1v) is 9.46. The third-order valence-electron chi connectivity index (χ3n) is 3.75. The molecule has 0 spiro atoms. The maximum atomic E-state index is 11.0. The van der Waals surface area contributed by atoms with E-state index < -0.39 is 15.5 Å². The molecule has 3 rings (SSSR count). The zero-order valence-electron chi connectivity index (χ0n) is 14.3. The maximum absolute atomic E-state index is 11.0. The number of nitrogens with two attached hydrogens (primary N) is 1. The van der Waals surface area contributed by atoms with Crippen LogP contribution < -0.4 is 14.6 Å². The minimum absolute atomic E-state index is 0.121. The molecule has 10 heteroatoms. The van der Waals surface area contributed by atoms with E-state index in [0.717, 1.165) is 22.1 Å². The summed E-state index contributed by atoms with van der Waals surface area (Å²) < 4.78 is 29.5. The first kappa shape index (κ1) is 19.5. The zero-order chi connectivity index (χ0) is 19.7. The quantitative estimate of drug-likeness (QED) is 0.622. The number of benzene rings is 2. The van der Waals surface area contributed by atoms with Crippen LogP contribution in [-0.2, 0) is 16.8 Å². The highest BCUT2D eigenvalue weighted by atomic mass is 32.2. The second kappa shape index (κ2) is 7.38. The third-order valence-corrected chi connectivity index (χ3v) is 4.30. The minimum Gasteiger partial charge on any atom is -0.516 e. The molecule has 6 radical (unpaired) electrons. The van der Waals surface area contributed by atoms with Crippen LogP contribution in [0.4, 0.5) is 0 Å². The van der Waals surface area contributed by atoms with Gasteiger partial charge in [-0.2, -0.15) is 13.1 Å². The van der Waals surface area contributed by atoms with Gasteiger partial charge in [-0.3, -0.25) is 4.98 Å². The predicted molar refractivity (Wildman–Crippen MR) is 108 cm³/mol. The summed E-state index contributed by atoms with van der Waals surface area (Å²) in [6.07, 6.45) is 1.68. The molecule has 0 atom stereocenters. The summed E-state index contributed by atoms with van der Waals surface area (Å²) in [5.74, 6) is 0.407. The smallest absolute Gasteiger partial charge is 0.274 e. The normalized spacial score (nSPS) is 12.2. The lowest BCUT2D eigenvalue weighted by Gasteiger charge is -2.23. The van der Waals surface area contributed by atoms with Gasteiger partial charge >= 0.3 is 0 Å². The Morgan fingerprint density at radius 3 is 2.41 bits per heavy atom. The Kier molecular flexibility index (Phi) is 5.32. The third kappa shape index (κ3) is 5.35. The van der Waals surface area contributed by atoms with E-state index in [1.165, 1.54) is 0 Å². The highest BCUT2D eigenvalue weighted by molar-refractivity contribution is 7.87. The van der Waals surface area contributed by atoms with Gasteiger partial charge in [0.05, 0.1) is 5.52 Å². The van der Waals surface area contributed by atoms with Gasteiger partial charge in [0.15, 0.2) is 0 Å². The van der Waals surface area contributed by atoms with E-state index in [0.29, 0.717) is 11.3 Å². The van der Waals surface area contributed by atoms with Gasteiger partial charge in [-0.15, -0.1) is 0 Å². The highest BCUT2D eigenvalue weighted by Crippen LogP contribution is 2.30. The van der Waals surface area contributed by atoms with E-state index >= 15 is 0 Å². The number of pyridine rings is 1. The monoisotopic (exact) mass is 373 g/mol. The molecule has 3 aromatic rings. The van der Waals surface area contributed by atoms with Crippen molar-refractivity contribution in [2.75, 3.05) is 0 Å². The highest BCUT2D eigenvalue weighted by Gasteiger charge is 2.12. The van der Waals surface area contributed by atoms with Crippen molar-refractivity contribution in [2.45, 2.75) is 11.8 Å². The molecule has 1 aromatic heterocycles. The average Bonchev–Trinajstić information content (AvgIpc) is 2.58. The molecule has 1 heterocycles. The van der Waals surface area contributed by atoms with Gasteiger partial charge in [0, 0.05) is 24.2 Å². The summed E-state index contributed by atoms with van der Waals surface area (Å²) in [6, 6.07) is 14.6. The van der Waals surface area contributed by atoms with Crippen molar-refractivity contribution in [1.29, 1.82) is 0 Å². The summed E-state index contributed by atoms with van der Waals surface area (Å²) in [5, 5.41) is 4.07. The molecule has 0 unspecified atom stereocenters. The number of rotatable bonds is 6. The maximum Gasteiger partial charge on any atom is 0.274 e. The van der Waals surface area contributed by atoms with E-state index in [9.17, 15) is 8.42 Å². The number of hydrogen-bond donors (Lipinski definition) is 2. The summed E-state index contributed by atoms with van der Waals surface area (Å²) in [6.45, 7) is 0.121. The fourth-order valence-electron chi connectivity index (χ4n) is 2.63. The van der Waals surface area contributed by atoms with E-state index in [1.807, 2.05) is 36.4 Å². The van der Waals surface area contributed by atoms with E-state index in [1.54, 1.807) is 18.3 Å². The Morgan fingerprint density at radius 1 is 1.07 bits per heavy atom. The lowest BCUT2D eigenvalue weighted by molar-refractivity contribution is 0.319. The molecule has 130 valence electrons. The minimum atomic E-state index is -3.73. The standard InChI is InChI=1S/C17H14B3N3O3S/c18-17(19,20)26-13-5-6-15-14(7-8-22-16(15)9-13)12-3-1-11(2-4-12)10-23-27(21,24)25/h1-9,23H,10H2,(H2,21,24,25). The van der Waals surface area contributed by atoms with Crippen molar-refractivity contribution in [2.24, 2.45) is 5.14 Å². The van der Waals surface area contributed by atoms with Gasteiger partial charge in [0.25, 0.3) is 10.2 Å². The fraction of sp³-hybridized carbons (Fsp3) is 0.118. The van der Waals surface area contributed by atoms with Crippen molar-refractivity contribution in [1.82, 2.24) is 9.71 Å². The van der Waals surface area contributed by atoms with Crippen LogP contribution in [0.25, 0.3) is 22.0 Å². The number of fused-ring (bicyclic) bond motifs is 1. The molecule has 0 fully saturated rings. The van der Waals surface area contributed by atoms with Gasteiger partial charge in [-0.1, -0.05) is 24.3 Å². The van der Waals surface area contributed by atoms with Gasteiger partial charge in [0.2, 0.25) is 0 Å². The summed E-state index contributed by atoms with van der Waals surface area (Å²) >= 11 is 0. The first-order valence-electron chi connectivity index (χ1n) is 7.92. The average molecular weight is 373 g/mol. The van der Waals surface area contributed by atoms with Crippen molar-refractivity contribution < 1.29 is 13.2 Å². The van der Waals surface area contributed by atoms with Crippen LogP contribution in [0.1, 0.15) is 5.56 Å². The van der Waals surface area contributed by atoms with Crippen LogP contribution in [0, 0.1) is 0 Å². The second-order valence-electron chi connectivity index (χ2n) is 6.06. The number of hydrogen-bond acceptors (Lipinski definition) is 4. The Balaban J connectivity index is 1.90. The van der Waals surface area contributed by atoms with Gasteiger partial charge in [-0.25, -0.2) is 5.14 Å². The van der Waals surface area contributed by atoms with Crippen LogP contribution in [0.15, 0.2) is 54.7 Å². The summed E-state index contributed by atoms with van der Waals surface area (Å²) in [7, 11) is 12.7. The fourth-order valence-corrected chi connectivity index (χ4v) is 3.00. The molecule has 0 aliphatic carbocycles. The second-order valence-corrected chi connectivity index (χ2v) is 7.43. The Hall–Kier alpha value is -2.29. The van der Waals surface area contributed by atoms with Crippen molar-refractivity contribution in [3.63, 3.8) is 0 Å². The Morgan fingerprint density at radius 2 is 1.78 bits per heavy atom. The Labute approximate surface area is 161 Å². The van der Waals surface area contributed by atoms with Crippen molar-refractivity contribution in [3.8, 4) is 16.9 Å². The molecule has 0 saturated heterocycles. The molecule has 0 aliphatic heterocycles. The van der Waals surface area contributed by atoms with Gasteiger partial charge in [0.1, 0.15) is 29.3 Å². The molecule has 0 bridgehead atoms. The first-order chi connectivity index (χ1) is 12.6. The number of nitrogens with zero attached hydrogens (tertiary/aromatic N) is 1. The van der Waals surface area contributed by atoms with Crippen LogP contribution in [-0.4, -0.2) is 42.2 Å². The molecule has 0 amide bonds. The van der Waals surface area contributed by atoms with Crippen LogP contribution in [0.3, 0.4) is 0 Å².